The lowest BCUT2D eigenvalue weighted by molar-refractivity contribution is 0.582. The lowest BCUT2D eigenvalue weighted by Crippen LogP contribution is -2.31. The molecule has 0 heterocycles. The topological polar surface area (TPSA) is 58.2 Å². The van der Waals surface area contributed by atoms with Crippen molar-refractivity contribution in [1.82, 2.24) is 5.32 Å². The van der Waals surface area contributed by atoms with Crippen molar-refractivity contribution in [1.29, 1.82) is 0 Å². The Morgan fingerprint density at radius 1 is 1.11 bits per heavy atom. The summed E-state index contributed by atoms with van der Waals surface area (Å²) in [5, 5.41) is 3.11. The number of rotatable bonds is 6. The van der Waals surface area contributed by atoms with E-state index in [2.05, 4.69) is 10.0 Å². The van der Waals surface area contributed by atoms with Crippen molar-refractivity contribution >= 4 is 15.7 Å². The van der Waals surface area contributed by atoms with Gasteiger partial charge in [-0.15, -0.1) is 0 Å². The fourth-order valence-corrected chi connectivity index (χ4v) is 3.15. The van der Waals surface area contributed by atoms with Crippen LogP contribution >= 0.6 is 0 Å². The maximum Gasteiger partial charge on any atom is 0.233 e. The highest BCUT2D eigenvalue weighted by Crippen LogP contribution is 2.22. The first-order valence-corrected chi connectivity index (χ1v) is 8.18. The summed E-state index contributed by atoms with van der Waals surface area (Å²) in [6, 6.07) is 4.26. The van der Waals surface area contributed by atoms with Crippen molar-refractivity contribution in [3.05, 3.63) is 28.8 Å². The first-order chi connectivity index (χ1) is 8.71. The van der Waals surface area contributed by atoms with E-state index in [1.807, 2.05) is 46.8 Å². The van der Waals surface area contributed by atoms with E-state index >= 15 is 0 Å². The monoisotopic (exact) mass is 284 g/mol. The summed E-state index contributed by atoms with van der Waals surface area (Å²) in [6.45, 7) is 10.3. The molecule has 0 fully saturated rings. The molecule has 108 valence electrons. The predicted octanol–water partition coefficient (Wildman–Crippen LogP) is 2.35. The number of aryl methyl sites for hydroxylation is 3. The molecule has 0 bridgehead atoms. The first kappa shape index (κ1) is 16.0. The zero-order chi connectivity index (χ0) is 14.6. The van der Waals surface area contributed by atoms with Crippen LogP contribution in [0.15, 0.2) is 12.1 Å². The van der Waals surface area contributed by atoms with Crippen LogP contribution < -0.4 is 10.0 Å². The van der Waals surface area contributed by atoms with Crippen molar-refractivity contribution in [3.8, 4) is 0 Å². The summed E-state index contributed by atoms with van der Waals surface area (Å²) in [7, 11) is -3.30. The molecule has 2 N–H and O–H groups in total. The van der Waals surface area contributed by atoms with Crippen LogP contribution in [0.5, 0.6) is 0 Å². The minimum atomic E-state index is -3.30. The van der Waals surface area contributed by atoms with Gasteiger partial charge in [-0.2, -0.15) is 0 Å². The van der Waals surface area contributed by atoms with E-state index in [0.717, 1.165) is 16.7 Å². The number of hydrogen-bond acceptors (Lipinski definition) is 3. The van der Waals surface area contributed by atoms with Gasteiger partial charge in [0.2, 0.25) is 10.0 Å². The van der Waals surface area contributed by atoms with Crippen LogP contribution in [0.4, 0.5) is 5.69 Å². The van der Waals surface area contributed by atoms with Gasteiger partial charge in [0, 0.05) is 12.6 Å². The second-order valence-electron chi connectivity index (χ2n) is 5.30. The Balaban J connectivity index is 2.79. The van der Waals surface area contributed by atoms with Crippen LogP contribution in [0.1, 0.15) is 30.5 Å². The van der Waals surface area contributed by atoms with E-state index in [0.29, 0.717) is 12.2 Å². The van der Waals surface area contributed by atoms with Crippen molar-refractivity contribution in [2.45, 2.75) is 40.7 Å². The van der Waals surface area contributed by atoms with Crippen LogP contribution in [0.25, 0.3) is 0 Å². The van der Waals surface area contributed by atoms with E-state index in [9.17, 15) is 8.42 Å². The second-order valence-corrected chi connectivity index (χ2v) is 7.15. The molecule has 0 aromatic heterocycles. The van der Waals surface area contributed by atoms with Gasteiger partial charge < -0.3 is 5.32 Å². The molecular weight excluding hydrogens is 260 g/mol. The molecule has 0 radical (unpaired) electrons. The molecule has 4 nitrogen and oxygen atoms in total. The Kier molecular flexibility index (Phi) is 5.38. The fourth-order valence-electron chi connectivity index (χ4n) is 2.03. The second kappa shape index (κ2) is 6.39. The number of anilines is 1. The normalized spacial score (nSPS) is 11.9. The highest BCUT2D eigenvalue weighted by atomic mass is 32.2. The zero-order valence-electron chi connectivity index (χ0n) is 12.4. The van der Waals surface area contributed by atoms with Crippen molar-refractivity contribution in [2.24, 2.45) is 0 Å². The highest BCUT2D eigenvalue weighted by Gasteiger charge is 2.13. The van der Waals surface area contributed by atoms with E-state index < -0.39 is 10.0 Å². The zero-order valence-corrected chi connectivity index (χ0v) is 13.2. The van der Waals surface area contributed by atoms with E-state index in [1.54, 1.807) is 0 Å². The van der Waals surface area contributed by atoms with Crippen LogP contribution in [0.2, 0.25) is 0 Å². The molecule has 0 saturated heterocycles. The molecule has 0 unspecified atom stereocenters. The molecule has 0 atom stereocenters. The molecule has 0 aliphatic carbocycles. The average Bonchev–Trinajstić information content (AvgIpc) is 2.22. The van der Waals surface area contributed by atoms with Crippen molar-refractivity contribution < 1.29 is 8.42 Å². The van der Waals surface area contributed by atoms with Crippen LogP contribution in [-0.4, -0.2) is 26.8 Å². The third kappa shape index (κ3) is 5.20. The average molecular weight is 284 g/mol. The Morgan fingerprint density at radius 2 is 1.63 bits per heavy atom. The third-order valence-corrected chi connectivity index (χ3v) is 4.11. The van der Waals surface area contributed by atoms with Gasteiger partial charge in [-0.1, -0.05) is 31.5 Å². The quantitative estimate of drug-likeness (QED) is 0.843. The smallest absolute Gasteiger partial charge is 0.233 e. The fraction of sp³-hybridized carbons (Fsp3) is 0.571. The molecule has 0 aliphatic rings. The van der Waals surface area contributed by atoms with E-state index in [1.165, 1.54) is 0 Å². The standard InChI is InChI=1S/C14H24N2O2S/c1-10(2)15-6-7-19(17,18)16-14-12(4)8-11(3)9-13(14)5/h8-10,15-16H,6-7H2,1-5H3. The largest absolute Gasteiger partial charge is 0.313 e. The molecular formula is C14H24N2O2S. The Labute approximate surface area is 116 Å². The molecule has 19 heavy (non-hydrogen) atoms. The summed E-state index contributed by atoms with van der Waals surface area (Å²) in [5.41, 5.74) is 3.75. The SMILES string of the molecule is Cc1cc(C)c(NS(=O)(=O)CCNC(C)C)c(C)c1. The van der Waals surface area contributed by atoms with Gasteiger partial charge in [0.1, 0.15) is 0 Å². The van der Waals surface area contributed by atoms with Gasteiger partial charge in [0.05, 0.1) is 11.4 Å². The number of sulfonamides is 1. The number of benzene rings is 1. The Bertz CT molecular complexity index is 513. The maximum absolute atomic E-state index is 12.0. The maximum atomic E-state index is 12.0. The van der Waals surface area contributed by atoms with Crippen LogP contribution in [0.3, 0.4) is 0 Å². The molecule has 0 spiro atoms. The molecule has 1 rings (SSSR count). The lowest BCUT2D eigenvalue weighted by Gasteiger charge is -2.15. The van der Waals surface area contributed by atoms with E-state index in [-0.39, 0.29) is 11.8 Å². The van der Waals surface area contributed by atoms with Gasteiger partial charge >= 0.3 is 0 Å². The molecule has 5 heteroatoms. The number of nitrogens with one attached hydrogen (secondary N) is 2. The summed E-state index contributed by atoms with van der Waals surface area (Å²) in [4.78, 5) is 0. The minimum Gasteiger partial charge on any atom is -0.313 e. The Hall–Kier alpha value is -1.07. The molecule has 1 aromatic rings. The van der Waals surface area contributed by atoms with E-state index in [4.69, 9.17) is 0 Å². The molecule has 0 saturated carbocycles. The van der Waals surface area contributed by atoms with Crippen molar-refractivity contribution in [2.75, 3.05) is 17.0 Å². The lowest BCUT2D eigenvalue weighted by atomic mass is 10.1. The van der Waals surface area contributed by atoms with Crippen molar-refractivity contribution in [3.63, 3.8) is 0 Å². The summed E-state index contributed by atoms with van der Waals surface area (Å²) in [6.07, 6.45) is 0. The first-order valence-electron chi connectivity index (χ1n) is 6.53. The molecule has 0 aliphatic heterocycles. The Morgan fingerprint density at radius 3 is 2.11 bits per heavy atom. The minimum absolute atomic E-state index is 0.0813. The third-order valence-electron chi connectivity index (χ3n) is 2.86. The number of hydrogen-bond donors (Lipinski definition) is 2. The summed E-state index contributed by atoms with van der Waals surface area (Å²) in [5.74, 6) is 0.0813. The highest BCUT2D eigenvalue weighted by molar-refractivity contribution is 7.92. The van der Waals surface area contributed by atoms with Crippen LogP contribution in [0, 0.1) is 20.8 Å². The summed E-state index contributed by atoms with van der Waals surface area (Å²) < 4.78 is 26.7. The van der Waals surface area contributed by atoms with Gasteiger partial charge in [0.15, 0.2) is 0 Å². The van der Waals surface area contributed by atoms with Gasteiger partial charge in [-0.05, 0) is 31.9 Å². The predicted molar refractivity (Wildman–Crippen MR) is 81.2 cm³/mol. The molecule has 1 aromatic carbocycles. The summed E-state index contributed by atoms with van der Waals surface area (Å²) >= 11 is 0. The van der Waals surface area contributed by atoms with Gasteiger partial charge in [-0.25, -0.2) is 8.42 Å². The molecule has 0 amide bonds. The van der Waals surface area contributed by atoms with Gasteiger partial charge in [0.25, 0.3) is 0 Å². The van der Waals surface area contributed by atoms with Crippen LogP contribution in [-0.2, 0) is 10.0 Å². The van der Waals surface area contributed by atoms with Gasteiger partial charge in [-0.3, -0.25) is 4.72 Å².